The van der Waals surface area contributed by atoms with Crippen LogP contribution in [-0.2, 0) is 10.0 Å². The molecule has 1 unspecified atom stereocenters. The van der Waals surface area contributed by atoms with Crippen molar-refractivity contribution in [1.29, 1.82) is 0 Å². The third-order valence-electron chi connectivity index (χ3n) is 3.15. The summed E-state index contributed by atoms with van der Waals surface area (Å²) in [6.45, 7) is 4.67. The second kappa shape index (κ2) is 5.57. The second-order valence-electron chi connectivity index (χ2n) is 4.68. The zero-order valence-corrected chi connectivity index (χ0v) is 12.2. The SMILES string of the molecule is Cc1ccc(C)c(S(=O)(=O)N2CCC(N)C2)c1.Cl. The third kappa shape index (κ3) is 2.85. The van der Waals surface area contributed by atoms with Crippen LogP contribution in [0.5, 0.6) is 0 Å². The Labute approximate surface area is 115 Å². The first kappa shape index (κ1) is 15.4. The molecule has 4 nitrogen and oxygen atoms in total. The fourth-order valence-electron chi connectivity index (χ4n) is 2.10. The van der Waals surface area contributed by atoms with Gasteiger partial charge in [-0.05, 0) is 37.5 Å². The van der Waals surface area contributed by atoms with Gasteiger partial charge in [-0.25, -0.2) is 8.42 Å². The zero-order valence-electron chi connectivity index (χ0n) is 10.6. The molecule has 0 spiro atoms. The molecule has 0 aliphatic carbocycles. The minimum absolute atomic E-state index is 0. The molecule has 18 heavy (non-hydrogen) atoms. The van der Waals surface area contributed by atoms with E-state index in [1.807, 2.05) is 26.0 Å². The van der Waals surface area contributed by atoms with Gasteiger partial charge in [0.2, 0.25) is 10.0 Å². The van der Waals surface area contributed by atoms with Crippen LogP contribution in [0.3, 0.4) is 0 Å². The highest BCUT2D eigenvalue weighted by Crippen LogP contribution is 2.24. The van der Waals surface area contributed by atoms with Crippen LogP contribution in [0.15, 0.2) is 23.1 Å². The zero-order chi connectivity index (χ0) is 12.6. The fraction of sp³-hybridized carbons (Fsp3) is 0.500. The highest BCUT2D eigenvalue weighted by Gasteiger charge is 2.31. The van der Waals surface area contributed by atoms with Crippen molar-refractivity contribution < 1.29 is 8.42 Å². The maximum atomic E-state index is 12.4. The lowest BCUT2D eigenvalue weighted by Crippen LogP contribution is -2.32. The van der Waals surface area contributed by atoms with Crippen LogP contribution < -0.4 is 5.73 Å². The summed E-state index contributed by atoms with van der Waals surface area (Å²) in [7, 11) is -3.37. The minimum atomic E-state index is -3.37. The Morgan fingerprint density at radius 2 is 2.00 bits per heavy atom. The molecule has 1 aliphatic rings. The monoisotopic (exact) mass is 290 g/mol. The summed E-state index contributed by atoms with van der Waals surface area (Å²) < 4.78 is 26.3. The average Bonchev–Trinajstić information content (AvgIpc) is 2.69. The molecule has 102 valence electrons. The van der Waals surface area contributed by atoms with Crippen LogP contribution >= 0.6 is 12.4 Å². The summed E-state index contributed by atoms with van der Waals surface area (Å²) >= 11 is 0. The smallest absolute Gasteiger partial charge is 0.243 e. The molecule has 1 saturated heterocycles. The average molecular weight is 291 g/mol. The van der Waals surface area contributed by atoms with E-state index in [1.54, 1.807) is 6.07 Å². The molecule has 1 aromatic rings. The molecule has 0 bridgehead atoms. The maximum absolute atomic E-state index is 12.4. The van der Waals surface area contributed by atoms with Crippen molar-refractivity contribution in [3.8, 4) is 0 Å². The molecule has 2 rings (SSSR count). The van der Waals surface area contributed by atoms with E-state index < -0.39 is 10.0 Å². The highest BCUT2D eigenvalue weighted by atomic mass is 35.5. The Kier molecular flexibility index (Phi) is 4.78. The van der Waals surface area contributed by atoms with Gasteiger partial charge in [0.05, 0.1) is 4.90 Å². The van der Waals surface area contributed by atoms with E-state index in [2.05, 4.69) is 0 Å². The van der Waals surface area contributed by atoms with E-state index in [9.17, 15) is 8.42 Å². The summed E-state index contributed by atoms with van der Waals surface area (Å²) in [5, 5.41) is 0. The van der Waals surface area contributed by atoms with Gasteiger partial charge in [-0.1, -0.05) is 12.1 Å². The van der Waals surface area contributed by atoms with Crippen LogP contribution in [0.25, 0.3) is 0 Å². The van der Waals surface area contributed by atoms with Gasteiger partial charge < -0.3 is 5.73 Å². The van der Waals surface area contributed by atoms with E-state index in [0.29, 0.717) is 18.0 Å². The summed E-state index contributed by atoms with van der Waals surface area (Å²) in [5.74, 6) is 0. The molecule has 1 heterocycles. The lowest BCUT2D eigenvalue weighted by molar-refractivity contribution is 0.472. The summed E-state index contributed by atoms with van der Waals surface area (Å²) in [5.41, 5.74) is 7.51. The molecule has 0 radical (unpaired) electrons. The van der Waals surface area contributed by atoms with E-state index in [0.717, 1.165) is 17.5 Å². The van der Waals surface area contributed by atoms with Crippen molar-refractivity contribution in [2.45, 2.75) is 31.2 Å². The predicted molar refractivity (Wildman–Crippen MR) is 74.5 cm³/mol. The highest BCUT2D eigenvalue weighted by molar-refractivity contribution is 7.89. The van der Waals surface area contributed by atoms with E-state index in [4.69, 9.17) is 5.73 Å². The van der Waals surface area contributed by atoms with Crippen molar-refractivity contribution in [2.75, 3.05) is 13.1 Å². The Morgan fingerprint density at radius 3 is 2.56 bits per heavy atom. The molecule has 2 N–H and O–H groups in total. The molecule has 0 aromatic heterocycles. The fourth-order valence-corrected chi connectivity index (χ4v) is 3.92. The van der Waals surface area contributed by atoms with Gasteiger partial charge >= 0.3 is 0 Å². The summed E-state index contributed by atoms with van der Waals surface area (Å²) in [6.07, 6.45) is 0.740. The normalized spacial score (nSPS) is 20.7. The van der Waals surface area contributed by atoms with Crippen molar-refractivity contribution in [3.05, 3.63) is 29.3 Å². The Hall–Kier alpha value is -0.620. The predicted octanol–water partition coefficient (Wildman–Crippen LogP) is 1.45. The molecule has 1 fully saturated rings. The number of halogens is 1. The van der Waals surface area contributed by atoms with Crippen LogP contribution in [-0.4, -0.2) is 31.9 Å². The molecule has 1 aliphatic heterocycles. The lowest BCUT2D eigenvalue weighted by atomic mass is 10.2. The number of benzene rings is 1. The Morgan fingerprint density at radius 1 is 1.33 bits per heavy atom. The number of sulfonamides is 1. The molecule has 6 heteroatoms. The molecule has 0 saturated carbocycles. The minimum Gasteiger partial charge on any atom is -0.326 e. The van der Waals surface area contributed by atoms with E-state index >= 15 is 0 Å². The molecule has 1 atom stereocenters. The maximum Gasteiger partial charge on any atom is 0.243 e. The topological polar surface area (TPSA) is 63.4 Å². The number of hydrogen-bond acceptors (Lipinski definition) is 3. The second-order valence-corrected chi connectivity index (χ2v) is 6.59. The number of aryl methyl sites for hydroxylation is 2. The van der Waals surface area contributed by atoms with Crippen molar-refractivity contribution in [2.24, 2.45) is 5.73 Å². The number of nitrogens with zero attached hydrogens (tertiary/aromatic N) is 1. The van der Waals surface area contributed by atoms with Gasteiger partial charge in [0.25, 0.3) is 0 Å². The van der Waals surface area contributed by atoms with Gasteiger partial charge in [0, 0.05) is 19.1 Å². The molecular formula is C12H19ClN2O2S. The van der Waals surface area contributed by atoms with Gasteiger partial charge in [0.15, 0.2) is 0 Å². The standard InChI is InChI=1S/C12H18N2O2S.ClH/c1-9-3-4-10(2)12(7-9)17(15,16)14-6-5-11(13)8-14;/h3-4,7,11H,5-6,8,13H2,1-2H3;1H. The molecular weight excluding hydrogens is 272 g/mol. The van der Waals surface area contributed by atoms with Crippen molar-refractivity contribution in [3.63, 3.8) is 0 Å². The number of hydrogen-bond donors (Lipinski definition) is 1. The van der Waals surface area contributed by atoms with Crippen LogP contribution in [0.4, 0.5) is 0 Å². The quantitative estimate of drug-likeness (QED) is 0.896. The number of nitrogens with two attached hydrogens (primary N) is 1. The third-order valence-corrected chi connectivity index (χ3v) is 5.16. The van der Waals surface area contributed by atoms with Gasteiger partial charge in [-0.15, -0.1) is 12.4 Å². The largest absolute Gasteiger partial charge is 0.326 e. The first-order chi connectivity index (χ1) is 7.91. The van der Waals surface area contributed by atoms with Gasteiger partial charge in [0.1, 0.15) is 0 Å². The van der Waals surface area contributed by atoms with Crippen molar-refractivity contribution in [1.82, 2.24) is 4.31 Å². The lowest BCUT2D eigenvalue weighted by Gasteiger charge is -2.17. The Bertz CT molecular complexity index is 531. The van der Waals surface area contributed by atoms with Gasteiger partial charge in [-0.3, -0.25) is 0 Å². The van der Waals surface area contributed by atoms with Crippen LogP contribution in [0.2, 0.25) is 0 Å². The Balaban J connectivity index is 0.00000162. The summed E-state index contributed by atoms with van der Waals surface area (Å²) in [6, 6.07) is 5.46. The van der Waals surface area contributed by atoms with E-state index in [-0.39, 0.29) is 18.4 Å². The molecule has 0 amide bonds. The van der Waals surface area contributed by atoms with Crippen LogP contribution in [0.1, 0.15) is 17.5 Å². The summed E-state index contributed by atoms with van der Waals surface area (Å²) in [4.78, 5) is 0.409. The first-order valence-electron chi connectivity index (χ1n) is 5.74. The number of rotatable bonds is 2. The first-order valence-corrected chi connectivity index (χ1v) is 7.18. The van der Waals surface area contributed by atoms with Gasteiger partial charge in [-0.2, -0.15) is 4.31 Å². The van der Waals surface area contributed by atoms with Crippen molar-refractivity contribution >= 4 is 22.4 Å². The van der Waals surface area contributed by atoms with Crippen LogP contribution in [0, 0.1) is 13.8 Å². The molecule has 1 aromatic carbocycles. The van der Waals surface area contributed by atoms with E-state index in [1.165, 1.54) is 4.31 Å².